The molecule has 0 saturated carbocycles. The van der Waals surface area contributed by atoms with Crippen molar-refractivity contribution in [3.8, 4) is 5.75 Å². The van der Waals surface area contributed by atoms with Crippen LogP contribution in [-0.4, -0.2) is 19.4 Å². The second kappa shape index (κ2) is 5.55. The third-order valence-electron chi connectivity index (χ3n) is 1.91. The van der Waals surface area contributed by atoms with Crippen LogP contribution in [0.4, 0.5) is 17.6 Å². The first-order chi connectivity index (χ1) is 8.24. The highest BCUT2D eigenvalue weighted by atomic mass is 79.9. The molecule has 0 radical (unpaired) electrons. The second-order valence-electron chi connectivity index (χ2n) is 3.15. The molecule has 1 aromatic rings. The topological polar surface area (TPSA) is 35.5 Å². The maximum Gasteiger partial charge on any atom is 0.573 e. The molecule has 0 aliphatic carbocycles. The SMILES string of the molecule is COC(=O)Cc1ccc(F)c(OC(F)(F)F)c1Br. The molecule has 0 amide bonds. The Labute approximate surface area is 108 Å². The summed E-state index contributed by atoms with van der Waals surface area (Å²) in [6.45, 7) is 0. The third kappa shape index (κ3) is 3.86. The predicted octanol–water partition coefficient (Wildman–Crippen LogP) is 3.20. The van der Waals surface area contributed by atoms with Gasteiger partial charge in [0.1, 0.15) is 0 Å². The van der Waals surface area contributed by atoms with Gasteiger partial charge in [-0.15, -0.1) is 13.2 Å². The van der Waals surface area contributed by atoms with Crippen molar-refractivity contribution in [3.63, 3.8) is 0 Å². The molecule has 0 N–H and O–H groups in total. The largest absolute Gasteiger partial charge is 0.573 e. The van der Waals surface area contributed by atoms with Crippen molar-refractivity contribution in [2.75, 3.05) is 7.11 Å². The molecule has 1 aromatic carbocycles. The van der Waals surface area contributed by atoms with Crippen molar-refractivity contribution >= 4 is 21.9 Å². The molecule has 8 heteroatoms. The van der Waals surface area contributed by atoms with Crippen LogP contribution >= 0.6 is 15.9 Å². The van der Waals surface area contributed by atoms with Gasteiger partial charge in [-0.2, -0.15) is 0 Å². The number of methoxy groups -OCH3 is 1. The number of rotatable bonds is 3. The minimum atomic E-state index is -5.02. The lowest BCUT2D eigenvalue weighted by Crippen LogP contribution is -2.19. The minimum Gasteiger partial charge on any atom is -0.469 e. The summed E-state index contributed by atoms with van der Waals surface area (Å²) in [7, 11) is 1.13. The lowest BCUT2D eigenvalue weighted by Gasteiger charge is -2.13. The summed E-state index contributed by atoms with van der Waals surface area (Å²) < 4.78 is 57.0. The number of hydrogen-bond acceptors (Lipinski definition) is 3. The zero-order valence-electron chi connectivity index (χ0n) is 8.98. The van der Waals surface area contributed by atoms with Crippen LogP contribution in [0.5, 0.6) is 5.75 Å². The Bertz CT molecular complexity index is 459. The van der Waals surface area contributed by atoms with E-state index in [1.165, 1.54) is 6.07 Å². The fourth-order valence-electron chi connectivity index (χ4n) is 1.15. The molecule has 0 unspecified atom stereocenters. The Kier molecular flexibility index (Phi) is 4.55. The fourth-order valence-corrected chi connectivity index (χ4v) is 1.69. The van der Waals surface area contributed by atoms with E-state index in [2.05, 4.69) is 25.4 Å². The molecule has 0 fully saturated rings. The molecule has 18 heavy (non-hydrogen) atoms. The summed E-state index contributed by atoms with van der Waals surface area (Å²) in [6, 6.07) is 1.95. The smallest absolute Gasteiger partial charge is 0.469 e. The molecule has 0 saturated heterocycles. The number of hydrogen-bond donors (Lipinski definition) is 0. The van der Waals surface area contributed by atoms with Crippen LogP contribution in [0.2, 0.25) is 0 Å². The normalized spacial score (nSPS) is 11.2. The van der Waals surface area contributed by atoms with E-state index >= 15 is 0 Å². The molecule has 0 aliphatic heterocycles. The van der Waals surface area contributed by atoms with Crippen LogP contribution in [0.15, 0.2) is 16.6 Å². The zero-order chi connectivity index (χ0) is 13.9. The van der Waals surface area contributed by atoms with E-state index in [0.717, 1.165) is 13.2 Å². The second-order valence-corrected chi connectivity index (χ2v) is 3.94. The lowest BCUT2D eigenvalue weighted by molar-refractivity contribution is -0.275. The highest BCUT2D eigenvalue weighted by Gasteiger charge is 2.34. The summed E-state index contributed by atoms with van der Waals surface area (Å²) in [5.74, 6) is -2.86. The van der Waals surface area contributed by atoms with E-state index in [0.29, 0.717) is 0 Å². The number of ether oxygens (including phenoxy) is 2. The van der Waals surface area contributed by atoms with Crippen LogP contribution in [0.1, 0.15) is 5.56 Å². The average molecular weight is 331 g/mol. The Hall–Kier alpha value is -1.31. The van der Waals surface area contributed by atoms with Crippen LogP contribution in [0.25, 0.3) is 0 Å². The van der Waals surface area contributed by atoms with Gasteiger partial charge < -0.3 is 9.47 Å². The van der Waals surface area contributed by atoms with Crippen molar-refractivity contribution in [2.24, 2.45) is 0 Å². The van der Waals surface area contributed by atoms with Gasteiger partial charge in [-0.05, 0) is 27.6 Å². The minimum absolute atomic E-state index is 0.127. The summed E-state index contributed by atoms with van der Waals surface area (Å²) in [6.07, 6.45) is -5.32. The van der Waals surface area contributed by atoms with Crippen LogP contribution in [0.3, 0.4) is 0 Å². The van der Waals surface area contributed by atoms with Gasteiger partial charge in [0.15, 0.2) is 11.6 Å². The Morgan fingerprint density at radius 3 is 2.50 bits per heavy atom. The summed E-state index contributed by atoms with van der Waals surface area (Å²) in [5, 5.41) is 0. The first-order valence-corrected chi connectivity index (χ1v) is 5.33. The molecule has 0 aliphatic rings. The van der Waals surface area contributed by atoms with Gasteiger partial charge in [-0.25, -0.2) is 4.39 Å². The molecule has 0 spiro atoms. The Morgan fingerprint density at radius 1 is 1.39 bits per heavy atom. The number of alkyl halides is 3. The first kappa shape index (κ1) is 14.7. The first-order valence-electron chi connectivity index (χ1n) is 4.54. The predicted molar refractivity (Wildman–Crippen MR) is 56.5 cm³/mol. The van der Waals surface area contributed by atoms with Crippen molar-refractivity contribution in [1.29, 1.82) is 0 Å². The van der Waals surface area contributed by atoms with Gasteiger partial charge in [0.25, 0.3) is 0 Å². The van der Waals surface area contributed by atoms with Crippen molar-refractivity contribution < 1.29 is 31.8 Å². The highest BCUT2D eigenvalue weighted by Crippen LogP contribution is 2.35. The average Bonchev–Trinajstić information content (AvgIpc) is 2.26. The van der Waals surface area contributed by atoms with Crippen LogP contribution in [-0.2, 0) is 16.0 Å². The van der Waals surface area contributed by atoms with Gasteiger partial charge >= 0.3 is 12.3 Å². The van der Waals surface area contributed by atoms with Crippen molar-refractivity contribution in [3.05, 3.63) is 28.0 Å². The maximum atomic E-state index is 13.2. The van der Waals surface area contributed by atoms with E-state index in [9.17, 15) is 22.4 Å². The zero-order valence-corrected chi connectivity index (χ0v) is 10.6. The van der Waals surface area contributed by atoms with Gasteiger partial charge in [0.05, 0.1) is 18.0 Å². The standard InChI is InChI=1S/C10H7BrF4O3/c1-17-7(16)4-5-2-3-6(12)9(8(5)11)18-10(13,14)15/h2-3H,4H2,1H3. The molecular formula is C10H7BrF4O3. The number of esters is 1. The molecule has 0 aromatic heterocycles. The van der Waals surface area contributed by atoms with Crippen LogP contribution < -0.4 is 4.74 Å². The van der Waals surface area contributed by atoms with E-state index in [4.69, 9.17) is 0 Å². The number of carbonyl (C=O) groups is 1. The lowest BCUT2D eigenvalue weighted by atomic mass is 10.1. The number of benzene rings is 1. The summed E-state index contributed by atoms with van der Waals surface area (Å²) in [5.41, 5.74) is 0.127. The van der Waals surface area contributed by atoms with Gasteiger partial charge in [0.2, 0.25) is 0 Å². The Morgan fingerprint density at radius 2 is 2.00 bits per heavy atom. The quantitative estimate of drug-likeness (QED) is 0.630. The van der Waals surface area contributed by atoms with E-state index in [-0.39, 0.29) is 16.5 Å². The third-order valence-corrected chi connectivity index (χ3v) is 2.78. The van der Waals surface area contributed by atoms with E-state index in [1.54, 1.807) is 0 Å². The van der Waals surface area contributed by atoms with Crippen molar-refractivity contribution in [2.45, 2.75) is 12.8 Å². The molecular weight excluding hydrogens is 324 g/mol. The monoisotopic (exact) mass is 330 g/mol. The molecule has 0 atom stereocenters. The van der Waals surface area contributed by atoms with Gasteiger partial charge in [-0.1, -0.05) is 6.07 Å². The number of carbonyl (C=O) groups excluding carboxylic acids is 1. The molecule has 1 rings (SSSR count). The summed E-state index contributed by atoms with van der Waals surface area (Å²) >= 11 is 2.77. The van der Waals surface area contributed by atoms with E-state index in [1.807, 2.05) is 0 Å². The Balaban J connectivity index is 3.10. The maximum absolute atomic E-state index is 13.2. The van der Waals surface area contributed by atoms with E-state index < -0.39 is 23.9 Å². The molecule has 100 valence electrons. The van der Waals surface area contributed by atoms with Gasteiger partial charge in [-0.3, -0.25) is 4.79 Å². The molecule has 3 nitrogen and oxygen atoms in total. The van der Waals surface area contributed by atoms with Crippen LogP contribution in [0, 0.1) is 5.82 Å². The number of halogens is 5. The summed E-state index contributed by atoms with van der Waals surface area (Å²) in [4.78, 5) is 11.0. The fraction of sp³-hybridized carbons (Fsp3) is 0.300. The highest BCUT2D eigenvalue weighted by molar-refractivity contribution is 9.10. The molecule has 0 heterocycles. The molecule has 0 bridgehead atoms. The van der Waals surface area contributed by atoms with Crippen molar-refractivity contribution in [1.82, 2.24) is 0 Å². The van der Waals surface area contributed by atoms with Gasteiger partial charge in [0, 0.05) is 0 Å².